The highest BCUT2D eigenvalue weighted by Crippen LogP contribution is 2.28. The van der Waals surface area contributed by atoms with E-state index in [2.05, 4.69) is 4.74 Å². The molecule has 0 aliphatic heterocycles. The second kappa shape index (κ2) is 5.63. The van der Waals surface area contributed by atoms with Crippen LogP contribution in [0.3, 0.4) is 0 Å². The molecule has 0 saturated carbocycles. The summed E-state index contributed by atoms with van der Waals surface area (Å²) in [6, 6.07) is 0. The van der Waals surface area contributed by atoms with Crippen molar-refractivity contribution in [3.05, 3.63) is 11.6 Å². The van der Waals surface area contributed by atoms with Crippen molar-refractivity contribution in [3.8, 4) is 0 Å². The number of ether oxygens (including phenoxy) is 3. The third-order valence-corrected chi connectivity index (χ3v) is 3.06. The minimum absolute atomic E-state index is 0.191. The molecule has 0 aromatic heterocycles. The van der Waals surface area contributed by atoms with E-state index >= 15 is 0 Å². The zero-order chi connectivity index (χ0) is 12.3. The maximum absolute atomic E-state index is 11.4. The number of carbonyl (C=O) groups excluding carboxylic acids is 1. The van der Waals surface area contributed by atoms with Crippen LogP contribution in [0.15, 0.2) is 11.6 Å². The minimum atomic E-state index is -1.02. The first-order valence-corrected chi connectivity index (χ1v) is 5.18. The van der Waals surface area contributed by atoms with Crippen molar-refractivity contribution in [1.29, 1.82) is 0 Å². The van der Waals surface area contributed by atoms with Gasteiger partial charge in [0.05, 0.1) is 18.1 Å². The summed E-state index contributed by atoms with van der Waals surface area (Å²) in [5.41, 5.74) is 0.191. The Bertz CT molecular complexity index is 291. The van der Waals surface area contributed by atoms with Gasteiger partial charge in [0.15, 0.2) is 0 Å². The molecule has 4 atom stereocenters. The number of esters is 1. The van der Waals surface area contributed by atoms with Gasteiger partial charge in [-0.2, -0.15) is 0 Å². The van der Waals surface area contributed by atoms with Gasteiger partial charge in [-0.15, -0.1) is 11.6 Å². The molecule has 1 aliphatic carbocycles. The van der Waals surface area contributed by atoms with Crippen molar-refractivity contribution in [2.24, 2.45) is 0 Å². The quantitative estimate of drug-likeness (QED) is 0.568. The molecule has 0 bridgehead atoms. The fourth-order valence-electron chi connectivity index (χ4n) is 1.68. The van der Waals surface area contributed by atoms with Gasteiger partial charge in [0, 0.05) is 14.2 Å². The number of alkyl halides is 1. The predicted octanol–water partition coefficient (Wildman–Crippen LogP) is 0.0977. The normalized spacial score (nSPS) is 34.4. The highest BCUT2D eigenvalue weighted by Gasteiger charge is 2.41. The molecule has 0 unspecified atom stereocenters. The van der Waals surface area contributed by atoms with Crippen LogP contribution in [0.25, 0.3) is 0 Å². The maximum Gasteiger partial charge on any atom is 0.335 e. The van der Waals surface area contributed by atoms with Gasteiger partial charge in [0.1, 0.15) is 18.3 Å². The molecular formula is C10H15ClO5. The number of hydrogen-bond acceptors (Lipinski definition) is 5. The first kappa shape index (κ1) is 13.4. The maximum atomic E-state index is 11.4. The Morgan fingerprint density at radius 1 is 1.38 bits per heavy atom. The number of aliphatic hydroxyl groups is 1. The second-order valence-electron chi connectivity index (χ2n) is 3.41. The molecule has 0 fully saturated rings. The Kier molecular flexibility index (Phi) is 4.73. The van der Waals surface area contributed by atoms with Gasteiger partial charge >= 0.3 is 5.97 Å². The minimum Gasteiger partial charge on any atom is -0.466 e. The zero-order valence-electron chi connectivity index (χ0n) is 9.34. The number of aliphatic hydroxyl groups excluding tert-OH is 1. The molecule has 5 nitrogen and oxygen atoms in total. The Morgan fingerprint density at radius 2 is 2.00 bits per heavy atom. The van der Waals surface area contributed by atoms with E-state index in [1.54, 1.807) is 0 Å². The zero-order valence-corrected chi connectivity index (χ0v) is 10.1. The van der Waals surface area contributed by atoms with Gasteiger partial charge in [-0.3, -0.25) is 0 Å². The van der Waals surface area contributed by atoms with E-state index in [1.807, 2.05) is 0 Å². The first-order chi connectivity index (χ1) is 7.56. The SMILES string of the molecule is COC(=O)C1=C[C@H](OC)[C@H](OC)[C@H](O)[C@@H]1Cl. The smallest absolute Gasteiger partial charge is 0.335 e. The lowest BCUT2D eigenvalue weighted by Crippen LogP contribution is -2.49. The molecule has 6 heteroatoms. The molecule has 0 aromatic carbocycles. The highest BCUT2D eigenvalue weighted by molar-refractivity contribution is 6.25. The van der Waals surface area contributed by atoms with Crippen LogP contribution in [0.4, 0.5) is 0 Å². The number of methoxy groups -OCH3 is 3. The lowest BCUT2D eigenvalue weighted by molar-refractivity contribution is -0.138. The fourth-order valence-corrected chi connectivity index (χ4v) is 1.99. The average Bonchev–Trinajstić information content (AvgIpc) is 2.31. The monoisotopic (exact) mass is 250 g/mol. The summed E-state index contributed by atoms with van der Waals surface area (Å²) < 4.78 is 14.8. The third kappa shape index (κ3) is 2.38. The molecule has 0 radical (unpaired) electrons. The summed E-state index contributed by atoms with van der Waals surface area (Å²) in [4.78, 5) is 11.4. The Morgan fingerprint density at radius 3 is 2.44 bits per heavy atom. The molecule has 92 valence electrons. The summed E-state index contributed by atoms with van der Waals surface area (Å²) in [5, 5.41) is 9.01. The molecule has 0 amide bonds. The van der Waals surface area contributed by atoms with Gasteiger partial charge in [-0.05, 0) is 6.08 Å². The molecule has 16 heavy (non-hydrogen) atoms. The van der Waals surface area contributed by atoms with Crippen LogP contribution in [0.1, 0.15) is 0 Å². The van der Waals surface area contributed by atoms with Crippen LogP contribution in [0.5, 0.6) is 0 Å². The van der Waals surface area contributed by atoms with E-state index in [9.17, 15) is 9.90 Å². The van der Waals surface area contributed by atoms with Crippen LogP contribution in [0.2, 0.25) is 0 Å². The molecule has 0 heterocycles. The number of halogens is 1. The van der Waals surface area contributed by atoms with Gasteiger partial charge < -0.3 is 19.3 Å². The van der Waals surface area contributed by atoms with Gasteiger partial charge in [0.25, 0.3) is 0 Å². The molecule has 1 N–H and O–H groups in total. The third-order valence-electron chi connectivity index (χ3n) is 2.57. The lowest BCUT2D eigenvalue weighted by atomic mass is 9.91. The van der Waals surface area contributed by atoms with Gasteiger partial charge in [-0.1, -0.05) is 0 Å². The van der Waals surface area contributed by atoms with Crippen molar-refractivity contribution in [1.82, 2.24) is 0 Å². The summed E-state index contributed by atoms with van der Waals surface area (Å²) in [7, 11) is 4.16. The fraction of sp³-hybridized carbons (Fsp3) is 0.700. The van der Waals surface area contributed by atoms with E-state index in [4.69, 9.17) is 21.1 Å². The van der Waals surface area contributed by atoms with Crippen LogP contribution < -0.4 is 0 Å². The summed E-state index contributed by atoms with van der Waals surface area (Å²) in [5.74, 6) is -0.573. The van der Waals surface area contributed by atoms with E-state index in [1.165, 1.54) is 27.4 Å². The van der Waals surface area contributed by atoms with Crippen molar-refractivity contribution >= 4 is 17.6 Å². The van der Waals surface area contributed by atoms with E-state index in [0.29, 0.717) is 0 Å². The van der Waals surface area contributed by atoms with Gasteiger partial charge in [-0.25, -0.2) is 4.79 Å². The Balaban J connectivity index is 3.01. The van der Waals surface area contributed by atoms with E-state index in [0.717, 1.165) is 0 Å². The van der Waals surface area contributed by atoms with Crippen LogP contribution in [0, 0.1) is 0 Å². The number of carbonyl (C=O) groups is 1. The van der Waals surface area contributed by atoms with Crippen molar-refractivity contribution in [2.45, 2.75) is 23.7 Å². The number of hydrogen-bond donors (Lipinski definition) is 1. The molecular weight excluding hydrogens is 236 g/mol. The second-order valence-corrected chi connectivity index (χ2v) is 3.88. The Labute approximate surface area is 98.9 Å². The average molecular weight is 251 g/mol. The van der Waals surface area contributed by atoms with Gasteiger partial charge in [0.2, 0.25) is 0 Å². The highest BCUT2D eigenvalue weighted by atomic mass is 35.5. The molecule has 1 rings (SSSR count). The Hall–Kier alpha value is -0.620. The molecule has 0 aromatic rings. The van der Waals surface area contributed by atoms with Crippen LogP contribution in [-0.4, -0.2) is 56.1 Å². The van der Waals surface area contributed by atoms with E-state index in [-0.39, 0.29) is 5.57 Å². The van der Waals surface area contributed by atoms with Crippen molar-refractivity contribution < 1.29 is 24.1 Å². The van der Waals surface area contributed by atoms with Crippen LogP contribution >= 0.6 is 11.6 Å². The molecule has 0 spiro atoms. The predicted molar refractivity (Wildman–Crippen MR) is 57.3 cm³/mol. The molecule has 1 aliphatic rings. The van der Waals surface area contributed by atoms with Crippen molar-refractivity contribution in [2.75, 3.05) is 21.3 Å². The first-order valence-electron chi connectivity index (χ1n) is 4.74. The standard InChI is InChI=1S/C10H15ClO5/c1-14-6-4-5(10(13)16-3)7(11)8(12)9(6)15-2/h4,6-9,12H,1-3H3/t6-,7+,8+,9-/m0/s1. The number of rotatable bonds is 3. The van der Waals surface area contributed by atoms with Crippen LogP contribution in [-0.2, 0) is 19.0 Å². The largest absolute Gasteiger partial charge is 0.466 e. The summed E-state index contributed by atoms with van der Waals surface area (Å²) >= 11 is 5.95. The lowest BCUT2D eigenvalue weighted by Gasteiger charge is -2.34. The van der Waals surface area contributed by atoms with E-state index < -0.39 is 29.7 Å². The summed E-state index contributed by atoms with van der Waals surface area (Å²) in [6.45, 7) is 0. The topological polar surface area (TPSA) is 65.0 Å². The van der Waals surface area contributed by atoms with Crippen molar-refractivity contribution in [3.63, 3.8) is 0 Å². The molecule has 0 saturated heterocycles. The summed E-state index contributed by atoms with van der Waals surface area (Å²) in [6.07, 6.45) is -0.620.